The smallest absolute Gasteiger partial charge is 0.426 e. The lowest BCUT2D eigenvalue weighted by Crippen LogP contribution is -2.43. The Morgan fingerprint density at radius 1 is 1.67 bits per heavy atom. The summed E-state index contributed by atoms with van der Waals surface area (Å²) in [5.74, 6) is 4.90. The Labute approximate surface area is 84.7 Å². The molecule has 0 aromatic rings. The summed E-state index contributed by atoms with van der Waals surface area (Å²) in [4.78, 5) is 21.4. The third kappa shape index (κ3) is 2.95. The number of ether oxygens (including phenoxy) is 3. The van der Waals surface area contributed by atoms with E-state index in [4.69, 9.17) is 5.84 Å². The molecule has 0 bridgehead atoms. The molecule has 0 aromatic carbocycles. The zero-order chi connectivity index (χ0) is 11.6. The van der Waals surface area contributed by atoms with Crippen molar-refractivity contribution >= 4 is 22.3 Å². The number of nitrogens with zero attached hydrogens (tertiary/aromatic N) is 1. The van der Waals surface area contributed by atoms with Crippen LogP contribution in [0.1, 0.15) is 0 Å². The van der Waals surface area contributed by atoms with Gasteiger partial charge in [0.15, 0.2) is 6.61 Å². The van der Waals surface area contributed by atoms with Crippen LogP contribution in [-0.4, -0.2) is 44.2 Å². The summed E-state index contributed by atoms with van der Waals surface area (Å²) in [5, 5.41) is 0. The van der Waals surface area contributed by atoms with Crippen LogP contribution in [0.2, 0.25) is 0 Å². The topological polar surface area (TPSA) is 125 Å². The molecule has 0 radical (unpaired) electrons. The molecule has 1 saturated heterocycles. The molecule has 2 N–H and O–H groups in total. The van der Waals surface area contributed by atoms with Crippen molar-refractivity contribution in [3.63, 3.8) is 0 Å². The van der Waals surface area contributed by atoms with Crippen LogP contribution >= 0.6 is 0 Å². The third-order valence-electron chi connectivity index (χ3n) is 1.33. The minimum absolute atomic E-state index is 0.112. The zero-order valence-electron chi connectivity index (χ0n) is 7.58. The third-order valence-corrected chi connectivity index (χ3v) is 2.20. The first kappa shape index (κ1) is 11.5. The number of amides is 1. The Balaban J connectivity index is 2.53. The highest BCUT2D eigenvalue weighted by Gasteiger charge is 2.31. The average molecular weight is 240 g/mol. The lowest BCUT2D eigenvalue weighted by atomic mass is 10.7. The van der Waals surface area contributed by atoms with Gasteiger partial charge in [0.2, 0.25) is 0 Å². The molecule has 1 aliphatic rings. The van der Waals surface area contributed by atoms with Gasteiger partial charge in [-0.3, -0.25) is 0 Å². The van der Waals surface area contributed by atoms with Crippen molar-refractivity contribution in [3.05, 3.63) is 0 Å². The van der Waals surface area contributed by atoms with Gasteiger partial charge in [0.25, 0.3) is 16.3 Å². The van der Waals surface area contributed by atoms with Crippen LogP contribution in [-0.2, 0) is 24.2 Å². The second-order valence-corrected chi connectivity index (χ2v) is 4.41. The van der Waals surface area contributed by atoms with E-state index >= 15 is 0 Å². The number of carbonyl (C=O) groups excluding carboxylic acids is 2. The van der Waals surface area contributed by atoms with Gasteiger partial charge < -0.3 is 14.2 Å². The van der Waals surface area contributed by atoms with E-state index in [0.717, 1.165) is 0 Å². The summed E-state index contributed by atoms with van der Waals surface area (Å²) in [6, 6.07) is 0. The van der Waals surface area contributed by atoms with Crippen molar-refractivity contribution < 1.29 is 32.2 Å². The van der Waals surface area contributed by atoms with Crippen molar-refractivity contribution in [2.24, 2.45) is 5.84 Å². The Morgan fingerprint density at radius 3 is 2.67 bits per heavy atom. The molecule has 1 aliphatic heterocycles. The Morgan fingerprint density at radius 2 is 2.27 bits per heavy atom. The first-order valence-corrected chi connectivity index (χ1v) is 5.44. The van der Waals surface area contributed by atoms with E-state index in [9.17, 15) is 18.0 Å². The normalized spacial score (nSPS) is 20.4. The van der Waals surface area contributed by atoms with Gasteiger partial charge in [-0.1, -0.05) is 0 Å². The second kappa shape index (κ2) is 3.90. The van der Waals surface area contributed by atoms with Gasteiger partial charge in [-0.05, 0) is 0 Å². The SMILES string of the molecule is CS(=O)(=O)N(N)C(=O)OC1COC(=O)O1. The molecule has 0 spiro atoms. The van der Waals surface area contributed by atoms with Gasteiger partial charge in [0, 0.05) is 0 Å². The minimum Gasteiger partial charge on any atom is -0.426 e. The number of sulfonamides is 1. The molecule has 86 valence electrons. The minimum atomic E-state index is -3.90. The molecule has 0 aliphatic carbocycles. The molecule has 9 nitrogen and oxygen atoms in total. The fourth-order valence-electron chi connectivity index (χ4n) is 0.669. The van der Waals surface area contributed by atoms with Crippen molar-refractivity contribution in [2.45, 2.75) is 6.29 Å². The average Bonchev–Trinajstić information content (AvgIpc) is 2.48. The monoisotopic (exact) mass is 240 g/mol. The highest BCUT2D eigenvalue weighted by molar-refractivity contribution is 7.88. The number of hydrazine groups is 1. The number of cyclic esters (lactones) is 2. The molecular formula is C5H8N2O7S. The van der Waals surface area contributed by atoms with Gasteiger partial charge in [0.05, 0.1) is 6.26 Å². The molecular weight excluding hydrogens is 232 g/mol. The van der Waals surface area contributed by atoms with Crippen LogP contribution in [0.25, 0.3) is 0 Å². The number of carbonyl (C=O) groups is 2. The maximum absolute atomic E-state index is 11.0. The molecule has 0 saturated carbocycles. The summed E-state index contributed by atoms with van der Waals surface area (Å²) in [6.45, 7) is -0.303. The van der Waals surface area contributed by atoms with E-state index in [1.165, 1.54) is 0 Å². The number of nitrogens with two attached hydrogens (primary N) is 1. The van der Waals surface area contributed by atoms with Crippen LogP contribution in [0, 0.1) is 0 Å². The number of rotatable bonds is 2. The Hall–Kier alpha value is -1.55. The van der Waals surface area contributed by atoms with E-state index in [2.05, 4.69) is 14.2 Å². The number of hydrogen-bond acceptors (Lipinski definition) is 8. The standard InChI is InChI=1S/C5H8N2O7S/c1-15(10,11)7(6)4(8)13-3-2-12-5(9)14-3/h3H,2,6H2,1H3. The maximum Gasteiger partial charge on any atom is 0.511 e. The van der Waals surface area contributed by atoms with Crippen LogP contribution in [0.15, 0.2) is 0 Å². The summed E-state index contributed by atoms with van der Waals surface area (Å²) in [5.41, 5.74) is 0. The first-order chi connectivity index (χ1) is 6.80. The highest BCUT2D eigenvalue weighted by Crippen LogP contribution is 2.09. The van der Waals surface area contributed by atoms with E-state index in [1.54, 1.807) is 0 Å². The molecule has 1 rings (SSSR count). The van der Waals surface area contributed by atoms with Gasteiger partial charge in [-0.15, -0.1) is 4.41 Å². The first-order valence-electron chi connectivity index (χ1n) is 3.59. The fourth-order valence-corrected chi connectivity index (χ4v) is 0.983. The van der Waals surface area contributed by atoms with E-state index in [1.807, 2.05) is 0 Å². The van der Waals surface area contributed by atoms with Crippen molar-refractivity contribution in [1.82, 2.24) is 4.41 Å². The van der Waals surface area contributed by atoms with Crippen molar-refractivity contribution in [3.8, 4) is 0 Å². The predicted octanol–water partition coefficient (Wildman–Crippen LogP) is -1.25. The molecule has 1 heterocycles. The lowest BCUT2D eigenvalue weighted by molar-refractivity contribution is -0.0374. The summed E-state index contributed by atoms with van der Waals surface area (Å²) in [7, 11) is -3.90. The van der Waals surface area contributed by atoms with E-state index in [-0.39, 0.29) is 11.0 Å². The Kier molecular flexibility index (Phi) is 3.00. The van der Waals surface area contributed by atoms with Gasteiger partial charge in [-0.25, -0.2) is 23.8 Å². The molecule has 0 aromatic heterocycles. The van der Waals surface area contributed by atoms with Crippen LogP contribution in [0.4, 0.5) is 9.59 Å². The largest absolute Gasteiger partial charge is 0.511 e. The summed E-state index contributed by atoms with van der Waals surface area (Å²) >= 11 is 0. The van der Waals surface area contributed by atoms with Gasteiger partial charge >= 0.3 is 12.2 Å². The van der Waals surface area contributed by atoms with Crippen LogP contribution < -0.4 is 5.84 Å². The zero-order valence-corrected chi connectivity index (χ0v) is 8.39. The lowest BCUT2D eigenvalue weighted by Gasteiger charge is -2.15. The molecule has 10 heteroatoms. The predicted molar refractivity (Wildman–Crippen MR) is 43.6 cm³/mol. The molecule has 1 fully saturated rings. The van der Waals surface area contributed by atoms with Gasteiger partial charge in [0.1, 0.15) is 0 Å². The molecule has 1 amide bonds. The molecule has 15 heavy (non-hydrogen) atoms. The summed E-state index contributed by atoms with van der Waals surface area (Å²) in [6.07, 6.45) is -2.93. The molecule has 1 unspecified atom stereocenters. The Bertz CT molecular complexity index is 377. The van der Waals surface area contributed by atoms with Crippen LogP contribution in [0.5, 0.6) is 0 Å². The van der Waals surface area contributed by atoms with E-state index in [0.29, 0.717) is 6.26 Å². The van der Waals surface area contributed by atoms with Crippen molar-refractivity contribution in [2.75, 3.05) is 12.9 Å². The summed E-state index contributed by atoms with van der Waals surface area (Å²) < 4.78 is 34.4. The highest BCUT2D eigenvalue weighted by atomic mass is 32.2. The molecule has 1 atom stereocenters. The van der Waals surface area contributed by atoms with Crippen molar-refractivity contribution in [1.29, 1.82) is 0 Å². The van der Waals surface area contributed by atoms with Gasteiger partial charge in [-0.2, -0.15) is 0 Å². The fraction of sp³-hybridized carbons (Fsp3) is 0.600. The second-order valence-electron chi connectivity index (χ2n) is 2.55. The van der Waals surface area contributed by atoms with E-state index < -0.39 is 28.6 Å². The van der Waals surface area contributed by atoms with Crippen LogP contribution in [0.3, 0.4) is 0 Å². The maximum atomic E-state index is 11.0. The quantitative estimate of drug-likeness (QED) is 0.274. The number of hydrogen-bond donors (Lipinski definition) is 1.